The van der Waals surface area contributed by atoms with Crippen molar-refractivity contribution in [2.24, 2.45) is 0 Å². The number of aryl methyl sites for hydroxylation is 1. The highest BCUT2D eigenvalue weighted by Gasteiger charge is 2.11. The van der Waals surface area contributed by atoms with Crippen molar-refractivity contribution in [2.45, 2.75) is 32.4 Å². The third-order valence-electron chi connectivity index (χ3n) is 3.07. The molecule has 0 amide bonds. The molecular weight excluding hydrogens is 186 g/mol. The van der Waals surface area contributed by atoms with Crippen molar-refractivity contribution in [2.75, 3.05) is 13.1 Å². The summed E-state index contributed by atoms with van der Waals surface area (Å²) in [6.45, 7) is 5.37. The smallest absolute Gasteiger partial charge is 0.0315 e. The topological polar surface area (TPSA) is 37.0 Å². The molecule has 0 atom stereocenters. The van der Waals surface area contributed by atoms with E-state index in [1.54, 1.807) is 0 Å². The van der Waals surface area contributed by atoms with E-state index in [0.717, 1.165) is 19.6 Å². The van der Waals surface area contributed by atoms with Crippen LogP contribution in [0.2, 0.25) is 0 Å². The fourth-order valence-corrected chi connectivity index (χ4v) is 1.96. The Balaban J connectivity index is 1.84. The van der Waals surface area contributed by atoms with Crippen LogP contribution in [-0.2, 0) is 6.54 Å². The first-order valence-electron chi connectivity index (χ1n) is 5.70. The summed E-state index contributed by atoms with van der Waals surface area (Å²) in [7, 11) is 0. The van der Waals surface area contributed by atoms with Gasteiger partial charge in [0.05, 0.1) is 0 Å². The molecule has 0 bridgehead atoms. The van der Waals surface area contributed by atoms with Gasteiger partial charge in [-0.2, -0.15) is 0 Å². The zero-order chi connectivity index (χ0) is 10.5. The predicted molar refractivity (Wildman–Crippen MR) is 61.7 cm³/mol. The Morgan fingerprint density at radius 2 is 2.27 bits per heavy atom. The summed E-state index contributed by atoms with van der Waals surface area (Å²) in [4.78, 5) is 4.16. The molecule has 1 aromatic rings. The SMILES string of the molecule is Cc1ccncc1CNC1CCNCC1. The van der Waals surface area contributed by atoms with E-state index >= 15 is 0 Å². The average Bonchev–Trinajstić information content (AvgIpc) is 2.29. The number of nitrogens with one attached hydrogen (secondary N) is 2. The molecule has 1 aliphatic heterocycles. The summed E-state index contributed by atoms with van der Waals surface area (Å²) in [5, 5.41) is 6.97. The molecule has 0 saturated carbocycles. The number of nitrogens with zero attached hydrogens (tertiary/aromatic N) is 1. The van der Waals surface area contributed by atoms with Crippen molar-refractivity contribution in [3.63, 3.8) is 0 Å². The standard InChI is InChI=1S/C12H19N3/c1-10-2-5-14-8-11(10)9-15-12-3-6-13-7-4-12/h2,5,8,12-13,15H,3-4,6-7,9H2,1H3. The molecule has 3 heteroatoms. The number of pyridine rings is 1. The second-order valence-electron chi connectivity index (χ2n) is 4.21. The molecule has 0 spiro atoms. The van der Waals surface area contributed by atoms with Gasteiger partial charge in [0, 0.05) is 25.0 Å². The molecule has 1 aliphatic rings. The first-order chi connectivity index (χ1) is 7.36. The minimum atomic E-state index is 0.672. The molecular formula is C12H19N3. The van der Waals surface area contributed by atoms with Crippen LogP contribution in [0.15, 0.2) is 18.5 Å². The average molecular weight is 205 g/mol. The highest BCUT2D eigenvalue weighted by molar-refractivity contribution is 5.21. The summed E-state index contributed by atoms with van der Waals surface area (Å²) in [6.07, 6.45) is 6.28. The van der Waals surface area contributed by atoms with Crippen LogP contribution in [0.5, 0.6) is 0 Å². The van der Waals surface area contributed by atoms with Crippen LogP contribution in [-0.4, -0.2) is 24.1 Å². The van der Waals surface area contributed by atoms with Gasteiger partial charge in [-0.15, -0.1) is 0 Å². The molecule has 1 aromatic heterocycles. The molecule has 15 heavy (non-hydrogen) atoms. The Hall–Kier alpha value is -0.930. The van der Waals surface area contributed by atoms with Gasteiger partial charge in [-0.1, -0.05) is 0 Å². The molecule has 1 fully saturated rings. The lowest BCUT2D eigenvalue weighted by Crippen LogP contribution is -2.39. The Labute approximate surface area is 91.3 Å². The number of aromatic nitrogens is 1. The zero-order valence-electron chi connectivity index (χ0n) is 9.29. The van der Waals surface area contributed by atoms with Crippen molar-refractivity contribution >= 4 is 0 Å². The maximum Gasteiger partial charge on any atom is 0.0315 e. The number of hydrogen-bond acceptors (Lipinski definition) is 3. The summed E-state index contributed by atoms with van der Waals surface area (Å²) in [5.41, 5.74) is 2.64. The third-order valence-corrected chi connectivity index (χ3v) is 3.07. The third kappa shape index (κ3) is 3.01. The Morgan fingerprint density at radius 3 is 3.00 bits per heavy atom. The molecule has 2 N–H and O–H groups in total. The lowest BCUT2D eigenvalue weighted by atomic mass is 10.1. The van der Waals surface area contributed by atoms with E-state index < -0.39 is 0 Å². The highest BCUT2D eigenvalue weighted by atomic mass is 15.0. The van der Waals surface area contributed by atoms with Gasteiger partial charge in [-0.25, -0.2) is 0 Å². The zero-order valence-corrected chi connectivity index (χ0v) is 9.29. The van der Waals surface area contributed by atoms with Gasteiger partial charge in [0.1, 0.15) is 0 Å². The van der Waals surface area contributed by atoms with E-state index in [1.165, 1.54) is 24.0 Å². The van der Waals surface area contributed by atoms with Crippen LogP contribution < -0.4 is 10.6 Å². The second kappa shape index (κ2) is 5.24. The number of hydrogen-bond donors (Lipinski definition) is 2. The van der Waals surface area contributed by atoms with Gasteiger partial charge >= 0.3 is 0 Å². The lowest BCUT2D eigenvalue weighted by Gasteiger charge is -2.24. The summed E-state index contributed by atoms with van der Waals surface area (Å²) >= 11 is 0. The summed E-state index contributed by atoms with van der Waals surface area (Å²) in [6, 6.07) is 2.74. The Morgan fingerprint density at radius 1 is 1.47 bits per heavy atom. The van der Waals surface area contributed by atoms with Crippen molar-refractivity contribution in [3.05, 3.63) is 29.6 Å². The van der Waals surface area contributed by atoms with Crippen molar-refractivity contribution in [1.29, 1.82) is 0 Å². The minimum Gasteiger partial charge on any atom is -0.317 e. The van der Waals surface area contributed by atoms with Gasteiger partial charge < -0.3 is 10.6 Å². The van der Waals surface area contributed by atoms with Crippen LogP contribution in [0, 0.1) is 6.92 Å². The molecule has 3 nitrogen and oxygen atoms in total. The summed E-state index contributed by atoms with van der Waals surface area (Å²) in [5.74, 6) is 0. The monoisotopic (exact) mass is 205 g/mol. The maximum absolute atomic E-state index is 4.16. The van der Waals surface area contributed by atoms with Crippen molar-refractivity contribution < 1.29 is 0 Å². The van der Waals surface area contributed by atoms with Crippen LogP contribution >= 0.6 is 0 Å². The predicted octanol–water partition coefficient (Wildman–Crippen LogP) is 1.23. The van der Waals surface area contributed by atoms with E-state index in [1.807, 2.05) is 12.4 Å². The van der Waals surface area contributed by atoms with E-state index in [-0.39, 0.29) is 0 Å². The number of rotatable bonds is 3. The Kier molecular flexibility index (Phi) is 3.69. The molecule has 0 unspecified atom stereocenters. The van der Waals surface area contributed by atoms with Crippen molar-refractivity contribution in [3.8, 4) is 0 Å². The quantitative estimate of drug-likeness (QED) is 0.779. The van der Waals surface area contributed by atoms with Gasteiger partial charge in [0.25, 0.3) is 0 Å². The van der Waals surface area contributed by atoms with E-state index in [2.05, 4.69) is 28.6 Å². The van der Waals surface area contributed by atoms with Crippen LogP contribution in [0.25, 0.3) is 0 Å². The second-order valence-corrected chi connectivity index (χ2v) is 4.21. The maximum atomic E-state index is 4.16. The van der Waals surface area contributed by atoms with Gasteiger partial charge in [-0.3, -0.25) is 4.98 Å². The normalized spacial score (nSPS) is 17.9. The van der Waals surface area contributed by atoms with Gasteiger partial charge in [-0.05, 0) is 50.0 Å². The fourth-order valence-electron chi connectivity index (χ4n) is 1.96. The van der Waals surface area contributed by atoms with E-state index in [4.69, 9.17) is 0 Å². The molecule has 1 saturated heterocycles. The first-order valence-corrected chi connectivity index (χ1v) is 5.70. The van der Waals surface area contributed by atoms with E-state index in [0.29, 0.717) is 6.04 Å². The van der Waals surface area contributed by atoms with Crippen LogP contribution in [0.4, 0.5) is 0 Å². The van der Waals surface area contributed by atoms with E-state index in [9.17, 15) is 0 Å². The molecule has 2 rings (SSSR count). The Bertz CT molecular complexity index is 305. The van der Waals surface area contributed by atoms with Gasteiger partial charge in [0.15, 0.2) is 0 Å². The highest BCUT2D eigenvalue weighted by Crippen LogP contribution is 2.07. The minimum absolute atomic E-state index is 0.672. The fraction of sp³-hybridized carbons (Fsp3) is 0.583. The van der Waals surface area contributed by atoms with Gasteiger partial charge in [0.2, 0.25) is 0 Å². The molecule has 2 heterocycles. The summed E-state index contributed by atoms with van der Waals surface area (Å²) < 4.78 is 0. The largest absolute Gasteiger partial charge is 0.317 e. The molecule has 0 radical (unpaired) electrons. The van der Waals surface area contributed by atoms with Crippen molar-refractivity contribution in [1.82, 2.24) is 15.6 Å². The molecule has 0 aromatic carbocycles. The van der Waals surface area contributed by atoms with Crippen LogP contribution in [0.1, 0.15) is 24.0 Å². The number of piperidine rings is 1. The molecule has 82 valence electrons. The van der Waals surface area contributed by atoms with Crippen LogP contribution in [0.3, 0.4) is 0 Å². The first kappa shape index (κ1) is 10.6. The lowest BCUT2D eigenvalue weighted by molar-refractivity contribution is 0.386. The molecule has 0 aliphatic carbocycles.